The number of nitrogens with one attached hydrogen (secondary N) is 2. The van der Waals surface area contributed by atoms with Crippen molar-refractivity contribution < 1.29 is 22.7 Å². The fourth-order valence-corrected chi connectivity index (χ4v) is 5.25. The van der Waals surface area contributed by atoms with E-state index < -0.39 is 30.4 Å². The van der Waals surface area contributed by atoms with Gasteiger partial charge in [0, 0.05) is 13.1 Å². The summed E-state index contributed by atoms with van der Waals surface area (Å²) in [6, 6.07) is 0. The molecule has 2 unspecified atom stereocenters. The molecule has 1 saturated heterocycles. The molecular formula is C23H39F3N2O2. The normalized spacial score (nSPS) is 40.1. The average Bonchev–Trinajstić information content (AvgIpc) is 2.75. The molecule has 0 aromatic rings. The molecule has 0 aromatic carbocycles. The second kappa shape index (κ2) is 11.7. The van der Waals surface area contributed by atoms with Crippen molar-refractivity contribution in [2.75, 3.05) is 13.1 Å². The molecule has 1 heterocycles. The highest BCUT2D eigenvalue weighted by atomic mass is 19.2. The Labute approximate surface area is 179 Å². The van der Waals surface area contributed by atoms with Crippen LogP contribution in [-0.4, -0.2) is 49.8 Å². The molecule has 30 heavy (non-hydrogen) atoms. The minimum Gasteiger partial charge on any atom is -0.462 e. The minimum atomic E-state index is -2.11. The molecule has 3 fully saturated rings. The van der Waals surface area contributed by atoms with E-state index in [0.29, 0.717) is 18.0 Å². The number of carbonyl (C=O) groups excluding carboxylic acids is 1. The van der Waals surface area contributed by atoms with E-state index in [1.807, 2.05) is 0 Å². The van der Waals surface area contributed by atoms with Crippen molar-refractivity contribution in [3.63, 3.8) is 0 Å². The zero-order valence-corrected chi connectivity index (χ0v) is 18.3. The number of halogens is 3. The summed E-state index contributed by atoms with van der Waals surface area (Å²) in [6.45, 7) is 4.36. The Bertz CT molecular complexity index is 511. The lowest BCUT2D eigenvalue weighted by Crippen LogP contribution is -2.56. The summed E-state index contributed by atoms with van der Waals surface area (Å²) in [5.74, 6) is -0.215. The molecule has 2 N–H and O–H groups in total. The molecule has 0 radical (unpaired) electrons. The van der Waals surface area contributed by atoms with Gasteiger partial charge in [-0.2, -0.15) is 0 Å². The molecule has 2 atom stereocenters. The van der Waals surface area contributed by atoms with Gasteiger partial charge < -0.3 is 15.4 Å². The van der Waals surface area contributed by atoms with Crippen LogP contribution >= 0.6 is 0 Å². The molecule has 3 rings (SSSR count). The van der Waals surface area contributed by atoms with Crippen molar-refractivity contribution in [1.29, 1.82) is 0 Å². The summed E-state index contributed by atoms with van der Waals surface area (Å²) in [5, 5.41) is 7.33. The van der Waals surface area contributed by atoms with E-state index in [9.17, 15) is 18.0 Å². The molecule has 2 aliphatic carbocycles. The van der Waals surface area contributed by atoms with Gasteiger partial charge in [-0.3, -0.25) is 4.79 Å². The highest BCUT2D eigenvalue weighted by Crippen LogP contribution is 2.34. The third-order valence-corrected chi connectivity index (χ3v) is 7.24. The summed E-state index contributed by atoms with van der Waals surface area (Å²) in [7, 11) is 0. The lowest BCUT2D eigenvalue weighted by molar-refractivity contribution is -0.160. The van der Waals surface area contributed by atoms with Crippen LogP contribution in [0.4, 0.5) is 13.2 Å². The molecule has 174 valence electrons. The first kappa shape index (κ1) is 23.8. The van der Waals surface area contributed by atoms with Gasteiger partial charge in [0.1, 0.15) is 18.4 Å². The maximum Gasteiger partial charge on any atom is 0.309 e. The van der Waals surface area contributed by atoms with Crippen LogP contribution in [0.3, 0.4) is 0 Å². The standard InChI is InChI=1S/C23H39F3N2O2/c1-2-3-4-5-6-15-13-27-22(28-14-15)16-7-9-18(10-8-16)30-23(29)17-11-19(24)21(26)20(25)12-17/h15-22,27-28H,2-14H2,1H3. The Balaban J connectivity index is 1.33. The van der Waals surface area contributed by atoms with Crippen LogP contribution in [0.5, 0.6) is 0 Å². The first-order chi connectivity index (χ1) is 14.5. The van der Waals surface area contributed by atoms with E-state index in [2.05, 4.69) is 17.6 Å². The number of unbranched alkanes of at least 4 members (excludes halogenated alkanes) is 3. The molecule has 7 heteroatoms. The van der Waals surface area contributed by atoms with Crippen molar-refractivity contribution in [1.82, 2.24) is 10.6 Å². The SMILES string of the molecule is CCCCCCC1CNC(C2CCC(OC(=O)C3CC(F)C(F)C(F)C3)CC2)NC1. The summed E-state index contributed by atoms with van der Waals surface area (Å²) in [4.78, 5) is 12.3. The lowest BCUT2D eigenvalue weighted by Gasteiger charge is -2.39. The van der Waals surface area contributed by atoms with Crippen molar-refractivity contribution in [3.05, 3.63) is 0 Å². The minimum absolute atomic E-state index is 0.192. The van der Waals surface area contributed by atoms with Crippen molar-refractivity contribution >= 4 is 5.97 Å². The van der Waals surface area contributed by atoms with Gasteiger partial charge in [-0.05, 0) is 56.8 Å². The van der Waals surface area contributed by atoms with E-state index in [1.54, 1.807) is 0 Å². The van der Waals surface area contributed by atoms with Crippen LogP contribution < -0.4 is 10.6 Å². The Morgan fingerprint density at radius 1 is 0.933 bits per heavy atom. The molecular weight excluding hydrogens is 393 g/mol. The highest BCUT2D eigenvalue weighted by molar-refractivity contribution is 5.73. The Kier molecular flexibility index (Phi) is 9.30. The predicted molar refractivity (Wildman–Crippen MR) is 111 cm³/mol. The molecule has 4 nitrogen and oxygen atoms in total. The van der Waals surface area contributed by atoms with Crippen LogP contribution in [0.2, 0.25) is 0 Å². The second-order valence-electron chi connectivity index (χ2n) is 9.63. The van der Waals surface area contributed by atoms with Crippen LogP contribution in [0, 0.1) is 17.8 Å². The van der Waals surface area contributed by atoms with E-state index in [-0.39, 0.29) is 18.9 Å². The molecule has 2 saturated carbocycles. The van der Waals surface area contributed by atoms with Gasteiger partial charge in [0.25, 0.3) is 0 Å². The Morgan fingerprint density at radius 3 is 2.17 bits per heavy atom. The summed E-state index contributed by atoms with van der Waals surface area (Å²) in [6.07, 6.45) is 3.59. The number of ether oxygens (including phenoxy) is 1. The number of hydrogen-bond donors (Lipinski definition) is 2. The second-order valence-corrected chi connectivity index (χ2v) is 9.63. The van der Waals surface area contributed by atoms with Crippen molar-refractivity contribution in [2.24, 2.45) is 17.8 Å². The van der Waals surface area contributed by atoms with E-state index in [4.69, 9.17) is 4.74 Å². The van der Waals surface area contributed by atoms with E-state index in [1.165, 1.54) is 32.1 Å². The maximum absolute atomic E-state index is 13.6. The summed E-state index contributed by atoms with van der Waals surface area (Å²) >= 11 is 0. The topological polar surface area (TPSA) is 50.4 Å². The fourth-order valence-electron chi connectivity index (χ4n) is 5.25. The van der Waals surface area contributed by atoms with Crippen LogP contribution in [0.25, 0.3) is 0 Å². The van der Waals surface area contributed by atoms with Crippen LogP contribution in [-0.2, 0) is 9.53 Å². The van der Waals surface area contributed by atoms with Gasteiger partial charge in [0.2, 0.25) is 0 Å². The summed E-state index contributed by atoms with van der Waals surface area (Å²) < 4.78 is 46.0. The van der Waals surface area contributed by atoms with E-state index in [0.717, 1.165) is 38.8 Å². The van der Waals surface area contributed by atoms with Gasteiger partial charge in [-0.1, -0.05) is 32.6 Å². The van der Waals surface area contributed by atoms with Crippen LogP contribution in [0.15, 0.2) is 0 Å². The molecule has 1 aliphatic heterocycles. The smallest absolute Gasteiger partial charge is 0.309 e. The van der Waals surface area contributed by atoms with Gasteiger partial charge in [0.05, 0.1) is 12.1 Å². The first-order valence-electron chi connectivity index (χ1n) is 12.1. The molecule has 0 amide bonds. The number of esters is 1. The lowest BCUT2D eigenvalue weighted by atomic mass is 9.83. The molecule has 3 aliphatic rings. The first-order valence-corrected chi connectivity index (χ1v) is 12.1. The van der Waals surface area contributed by atoms with E-state index >= 15 is 0 Å². The molecule has 0 aromatic heterocycles. The Hall–Kier alpha value is -0.820. The number of rotatable bonds is 8. The third kappa shape index (κ3) is 6.59. The van der Waals surface area contributed by atoms with Crippen molar-refractivity contribution in [3.8, 4) is 0 Å². The third-order valence-electron chi connectivity index (χ3n) is 7.24. The number of alkyl halides is 3. The highest BCUT2D eigenvalue weighted by Gasteiger charge is 2.42. The molecule has 0 bridgehead atoms. The van der Waals surface area contributed by atoms with Crippen LogP contribution in [0.1, 0.15) is 77.6 Å². The number of carbonyl (C=O) groups is 1. The monoisotopic (exact) mass is 432 g/mol. The zero-order valence-electron chi connectivity index (χ0n) is 18.3. The maximum atomic E-state index is 13.6. The van der Waals surface area contributed by atoms with Gasteiger partial charge in [-0.15, -0.1) is 0 Å². The molecule has 0 spiro atoms. The summed E-state index contributed by atoms with van der Waals surface area (Å²) in [5.41, 5.74) is 0. The zero-order chi connectivity index (χ0) is 21.5. The van der Waals surface area contributed by atoms with Gasteiger partial charge in [0.15, 0.2) is 6.17 Å². The largest absolute Gasteiger partial charge is 0.462 e. The van der Waals surface area contributed by atoms with Gasteiger partial charge >= 0.3 is 5.97 Å². The Morgan fingerprint density at radius 2 is 1.57 bits per heavy atom. The average molecular weight is 433 g/mol. The van der Waals surface area contributed by atoms with Gasteiger partial charge in [-0.25, -0.2) is 13.2 Å². The number of hydrogen-bond acceptors (Lipinski definition) is 4. The predicted octanol–water partition coefficient (Wildman–Crippen LogP) is 4.62. The quantitative estimate of drug-likeness (QED) is 0.434. The van der Waals surface area contributed by atoms with Crippen molar-refractivity contribution in [2.45, 2.75) is 108 Å². The fraction of sp³-hybridized carbons (Fsp3) is 0.957.